The van der Waals surface area contributed by atoms with E-state index >= 15 is 0 Å². The fraction of sp³-hybridized carbons (Fsp3) is 0.188. The Morgan fingerprint density at radius 3 is 2.36 bits per heavy atom. The Balaban J connectivity index is 1.22. The Labute approximate surface area is 247 Å². The standard InChI is InChI=1S/C32H30N4O5S/c1-2-17-32(34-31(39)41-21-24-13-7-4-8-14-24)18-19-36(30(32)38)35-28(37)26-22-42-29(33-26)25-15-9-10-16-27(25)40-20-23-11-5-3-6-12-23/h2-16,22H,1,17-21H2,(H,34,39)(H,35,37)/t32-/m0/s1. The maximum Gasteiger partial charge on any atom is 0.408 e. The minimum Gasteiger partial charge on any atom is -0.488 e. The SMILES string of the molecule is C=CC[C@]1(NC(=O)OCc2ccccc2)CCN(NC(=O)c2csc(-c3ccccc3OCc3ccccc3)n2)C1=O. The van der Waals surface area contributed by atoms with Crippen LogP contribution in [0.5, 0.6) is 5.75 Å². The van der Waals surface area contributed by atoms with Gasteiger partial charge in [0, 0.05) is 11.9 Å². The molecule has 4 aromatic rings. The number of amides is 3. The first-order valence-corrected chi connectivity index (χ1v) is 14.3. The van der Waals surface area contributed by atoms with Crippen LogP contribution >= 0.6 is 11.3 Å². The second-order valence-electron chi connectivity index (χ2n) is 9.72. The van der Waals surface area contributed by atoms with Crippen LogP contribution in [0.4, 0.5) is 4.79 Å². The molecule has 214 valence electrons. The molecular formula is C32H30N4O5S. The first-order chi connectivity index (χ1) is 20.5. The molecule has 1 aliphatic rings. The van der Waals surface area contributed by atoms with Crippen molar-refractivity contribution in [3.8, 4) is 16.3 Å². The average molecular weight is 583 g/mol. The number of rotatable bonds is 11. The van der Waals surface area contributed by atoms with Gasteiger partial charge in [-0.05, 0) is 36.1 Å². The quantitative estimate of drug-likeness (QED) is 0.226. The van der Waals surface area contributed by atoms with Crippen molar-refractivity contribution in [2.24, 2.45) is 0 Å². The molecule has 2 N–H and O–H groups in total. The van der Waals surface area contributed by atoms with Crippen molar-refractivity contribution >= 4 is 29.2 Å². The molecular weight excluding hydrogens is 552 g/mol. The third-order valence-electron chi connectivity index (χ3n) is 6.79. The summed E-state index contributed by atoms with van der Waals surface area (Å²) in [5, 5.41) is 6.16. The molecule has 0 bridgehead atoms. The number of ether oxygens (including phenoxy) is 2. The zero-order valence-corrected chi connectivity index (χ0v) is 23.6. The molecule has 1 fully saturated rings. The second-order valence-corrected chi connectivity index (χ2v) is 10.6. The maximum absolute atomic E-state index is 13.4. The lowest BCUT2D eigenvalue weighted by Gasteiger charge is -2.27. The highest BCUT2D eigenvalue weighted by Gasteiger charge is 2.48. The lowest BCUT2D eigenvalue weighted by molar-refractivity contribution is -0.135. The number of hydrazine groups is 1. The molecule has 3 amide bonds. The highest BCUT2D eigenvalue weighted by Crippen LogP contribution is 2.33. The van der Waals surface area contributed by atoms with Crippen molar-refractivity contribution in [2.75, 3.05) is 6.54 Å². The molecule has 5 rings (SSSR count). The van der Waals surface area contributed by atoms with Gasteiger partial charge in [-0.1, -0.05) is 78.9 Å². The molecule has 0 spiro atoms. The molecule has 1 atom stereocenters. The number of benzene rings is 3. The normalized spacial score (nSPS) is 16.1. The number of thiazole rings is 1. The van der Waals surface area contributed by atoms with Crippen molar-refractivity contribution in [3.63, 3.8) is 0 Å². The first kappa shape index (κ1) is 28.6. The number of aromatic nitrogens is 1. The molecule has 0 unspecified atom stereocenters. The van der Waals surface area contributed by atoms with Crippen LogP contribution < -0.4 is 15.5 Å². The molecule has 1 saturated heterocycles. The van der Waals surface area contributed by atoms with Crippen molar-refractivity contribution in [2.45, 2.75) is 31.6 Å². The Kier molecular flexibility index (Phi) is 8.93. The molecule has 0 aliphatic carbocycles. The summed E-state index contributed by atoms with van der Waals surface area (Å²) in [5.74, 6) is -0.339. The van der Waals surface area contributed by atoms with Crippen molar-refractivity contribution in [1.82, 2.24) is 20.7 Å². The van der Waals surface area contributed by atoms with E-state index in [1.807, 2.05) is 84.9 Å². The van der Waals surface area contributed by atoms with Gasteiger partial charge in [-0.2, -0.15) is 0 Å². The molecule has 9 nitrogen and oxygen atoms in total. The Hall–Kier alpha value is -4.96. The third kappa shape index (κ3) is 6.67. The van der Waals surface area contributed by atoms with E-state index in [1.54, 1.807) is 11.5 Å². The summed E-state index contributed by atoms with van der Waals surface area (Å²) in [4.78, 5) is 43.6. The highest BCUT2D eigenvalue weighted by atomic mass is 32.1. The van der Waals surface area contributed by atoms with Crippen LogP contribution in [-0.2, 0) is 22.7 Å². The zero-order chi connectivity index (χ0) is 29.4. The third-order valence-corrected chi connectivity index (χ3v) is 7.67. The van der Waals surface area contributed by atoms with Crippen molar-refractivity contribution in [3.05, 3.63) is 120 Å². The van der Waals surface area contributed by atoms with Gasteiger partial charge in [0.25, 0.3) is 11.8 Å². The van der Waals surface area contributed by atoms with E-state index in [0.717, 1.165) is 16.7 Å². The molecule has 1 aliphatic heterocycles. The highest BCUT2D eigenvalue weighted by molar-refractivity contribution is 7.13. The number of hydrogen-bond acceptors (Lipinski definition) is 7. The molecule has 2 heterocycles. The summed E-state index contributed by atoms with van der Waals surface area (Å²) in [7, 11) is 0. The van der Waals surface area contributed by atoms with Gasteiger partial charge in [-0.15, -0.1) is 17.9 Å². The lowest BCUT2D eigenvalue weighted by Crippen LogP contribution is -2.56. The predicted octanol–water partition coefficient (Wildman–Crippen LogP) is 5.51. The maximum atomic E-state index is 13.4. The van der Waals surface area contributed by atoms with E-state index in [1.165, 1.54) is 16.3 Å². The molecule has 1 aromatic heterocycles. The smallest absolute Gasteiger partial charge is 0.408 e. The Bertz CT molecular complexity index is 1560. The molecule has 42 heavy (non-hydrogen) atoms. The van der Waals surface area contributed by atoms with E-state index in [-0.39, 0.29) is 31.7 Å². The van der Waals surface area contributed by atoms with Crippen molar-refractivity contribution < 1.29 is 23.9 Å². The summed E-state index contributed by atoms with van der Waals surface area (Å²) >= 11 is 1.30. The number of para-hydroxylation sites is 1. The Morgan fingerprint density at radius 2 is 1.64 bits per heavy atom. The van der Waals surface area contributed by atoms with Crippen LogP contribution in [-0.4, -0.2) is 40.0 Å². The number of nitrogens with one attached hydrogen (secondary N) is 2. The second kappa shape index (κ2) is 13.1. The van der Waals surface area contributed by atoms with Crippen LogP contribution in [0.15, 0.2) is 103 Å². The van der Waals surface area contributed by atoms with E-state index in [4.69, 9.17) is 9.47 Å². The van der Waals surface area contributed by atoms with Gasteiger partial charge in [-0.3, -0.25) is 20.0 Å². The molecule has 10 heteroatoms. The number of carbonyl (C=O) groups is 3. The summed E-state index contributed by atoms with van der Waals surface area (Å²) < 4.78 is 11.4. The van der Waals surface area contributed by atoms with Gasteiger partial charge in [0.15, 0.2) is 0 Å². The minimum atomic E-state index is -1.27. The number of hydrogen-bond donors (Lipinski definition) is 2. The monoisotopic (exact) mass is 582 g/mol. The van der Waals surface area contributed by atoms with E-state index in [0.29, 0.717) is 17.4 Å². The largest absolute Gasteiger partial charge is 0.488 e. The summed E-state index contributed by atoms with van der Waals surface area (Å²) in [6.07, 6.45) is 1.29. The van der Waals surface area contributed by atoms with Crippen LogP contribution in [0.2, 0.25) is 0 Å². The van der Waals surface area contributed by atoms with Gasteiger partial charge >= 0.3 is 6.09 Å². The minimum absolute atomic E-state index is 0.0675. The summed E-state index contributed by atoms with van der Waals surface area (Å²) in [6.45, 7) is 4.40. The van der Waals surface area contributed by atoms with Gasteiger partial charge in [-0.25, -0.2) is 9.78 Å². The summed E-state index contributed by atoms with van der Waals surface area (Å²) in [5.41, 5.74) is 4.16. The van der Waals surface area contributed by atoms with Crippen LogP contribution in [0.3, 0.4) is 0 Å². The fourth-order valence-electron chi connectivity index (χ4n) is 4.62. The number of carbonyl (C=O) groups excluding carboxylic acids is 3. The van der Waals surface area contributed by atoms with Crippen LogP contribution in [0.1, 0.15) is 34.5 Å². The van der Waals surface area contributed by atoms with Crippen LogP contribution in [0.25, 0.3) is 10.6 Å². The van der Waals surface area contributed by atoms with Gasteiger partial charge < -0.3 is 14.8 Å². The fourth-order valence-corrected chi connectivity index (χ4v) is 5.45. The summed E-state index contributed by atoms with van der Waals surface area (Å²) in [6, 6.07) is 26.6. The predicted molar refractivity (Wildman–Crippen MR) is 159 cm³/mol. The topological polar surface area (TPSA) is 110 Å². The first-order valence-electron chi connectivity index (χ1n) is 13.4. The van der Waals surface area contributed by atoms with Gasteiger partial charge in [0.1, 0.15) is 35.2 Å². The van der Waals surface area contributed by atoms with Crippen molar-refractivity contribution in [1.29, 1.82) is 0 Å². The average Bonchev–Trinajstić information content (AvgIpc) is 3.62. The Morgan fingerprint density at radius 1 is 0.976 bits per heavy atom. The molecule has 3 aromatic carbocycles. The van der Waals surface area contributed by atoms with Crippen LogP contribution in [0, 0.1) is 0 Å². The lowest BCUT2D eigenvalue weighted by atomic mass is 9.93. The van der Waals surface area contributed by atoms with Gasteiger partial charge in [0.2, 0.25) is 0 Å². The molecule has 0 saturated carbocycles. The number of alkyl carbamates (subject to hydrolysis) is 1. The van der Waals surface area contributed by atoms with E-state index in [2.05, 4.69) is 22.3 Å². The zero-order valence-electron chi connectivity index (χ0n) is 22.8. The van der Waals surface area contributed by atoms with E-state index in [9.17, 15) is 14.4 Å². The van der Waals surface area contributed by atoms with Gasteiger partial charge in [0.05, 0.1) is 5.56 Å². The van der Waals surface area contributed by atoms with E-state index < -0.39 is 23.4 Å². The number of nitrogens with zero attached hydrogens (tertiary/aromatic N) is 2. The molecule has 0 radical (unpaired) electrons.